The molecule has 2 aromatic heterocycles. The van der Waals surface area contributed by atoms with E-state index < -0.39 is 0 Å². The third-order valence-electron chi connectivity index (χ3n) is 3.03. The van der Waals surface area contributed by atoms with Crippen LogP contribution >= 0.6 is 22.7 Å². The number of nitrogens with one attached hydrogen (secondary N) is 1. The van der Waals surface area contributed by atoms with Crippen molar-refractivity contribution in [2.24, 2.45) is 0 Å². The quantitative estimate of drug-likeness (QED) is 0.846. The molecule has 0 saturated carbocycles. The van der Waals surface area contributed by atoms with Crippen LogP contribution in [0.4, 0.5) is 0 Å². The second-order valence-corrected chi connectivity index (χ2v) is 6.56. The van der Waals surface area contributed by atoms with Gasteiger partial charge in [-0.1, -0.05) is 6.07 Å². The van der Waals surface area contributed by atoms with E-state index in [1.54, 1.807) is 22.7 Å². The van der Waals surface area contributed by atoms with Crippen molar-refractivity contribution in [1.29, 1.82) is 0 Å². The topological polar surface area (TPSA) is 32.3 Å². The zero-order chi connectivity index (χ0) is 13.0. The molecule has 0 bridgehead atoms. The Hall–Kier alpha value is -0.680. The van der Waals surface area contributed by atoms with E-state index in [-0.39, 0.29) is 6.10 Å². The summed E-state index contributed by atoms with van der Waals surface area (Å²) in [5.74, 6) is 0. The first kappa shape index (κ1) is 13.7. The van der Waals surface area contributed by atoms with Crippen molar-refractivity contribution < 1.29 is 5.11 Å². The summed E-state index contributed by atoms with van der Waals surface area (Å²) < 4.78 is 0. The van der Waals surface area contributed by atoms with Crippen LogP contribution in [0.25, 0.3) is 0 Å². The molecule has 2 N–H and O–H groups in total. The molecule has 0 spiro atoms. The van der Waals surface area contributed by atoms with Gasteiger partial charge in [0.25, 0.3) is 0 Å². The molecule has 2 atom stereocenters. The molecule has 0 amide bonds. The number of rotatable bonds is 6. The van der Waals surface area contributed by atoms with Crippen molar-refractivity contribution in [3.8, 4) is 0 Å². The molecule has 0 fully saturated rings. The van der Waals surface area contributed by atoms with Gasteiger partial charge in [0.2, 0.25) is 0 Å². The zero-order valence-electron chi connectivity index (χ0n) is 10.7. The number of aryl methyl sites for hydroxylation is 1. The summed E-state index contributed by atoms with van der Waals surface area (Å²) in [4.78, 5) is 2.43. The van der Waals surface area contributed by atoms with Crippen LogP contribution in [-0.4, -0.2) is 11.1 Å². The summed E-state index contributed by atoms with van der Waals surface area (Å²) in [6, 6.07) is 6.43. The normalized spacial score (nSPS) is 14.6. The smallest absolute Gasteiger partial charge is 0.0896 e. The predicted octanol–water partition coefficient (Wildman–Crippen LogP) is 3.72. The summed E-state index contributed by atoms with van der Waals surface area (Å²) in [5.41, 5.74) is 1.35. The Labute approximate surface area is 116 Å². The van der Waals surface area contributed by atoms with Gasteiger partial charge in [-0.05, 0) is 48.7 Å². The largest absolute Gasteiger partial charge is 0.388 e. The van der Waals surface area contributed by atoms with E-state index >= 15 is 0 Å². The van der Waals surface area contributed by atoms with Gasteiger partial charge in [0, 0.05) is 22.3 Å². The zero-order valence-corrected chi connectivity index (χ0v) is 12.4. The molecule has 2 unspecified atom stereocenters. The standard InChI is InChI=1S/C14H19NOS2/c1-10-5-7-18-14(10)9-15-11(2)8-12(16)13-4-3-6-17-13/h3-7,11-12,15-16H,8-9H2,1-2H3. The van der Waals surface area contributed by atoms with Crippen LogP contribution in [0.1, 0.15) is 34.8 Å². The lowest BCUT2D eigenvalue weighted by atomic mass is 10.1. The molecule has 0 radical (unpaired) electrons. The third-order valence-corrected chi connectivity index (χ3v) is 5.02. The highest BCUT2D eigenvalue weighted by atomic mass is 32.1. The van der Waals surface area contributed by atoms with Crippen molar-refractivity contribution in [2.45, 2.75) is 39.0 Å². The van der Waals surface area contributed by atoms with Crippen molar-refractivity contribution in [3.05, 3.63) is 44.3 Å². The lowest BCUT2D eigenvalue weighted by Gasteiger charge is -2.17. The summed E-state index contributed by atoms with van der Waals surface area (Å²) in [6.07, 6.45) is 0.405. The molecule has 0 aliphatic carbocycles. The second-order valence-electron chi connectivity index (χ2n) is 4.58. The van der Waals surface area contributed by atoms with Gasteiger partial charge in [0.05, 0.1) is 6.10 Å². The fourth-order valence-electron chi connectivity index (χ4n) is 1.87. The Kier molecular flexibility index (Phi) is 4.95. The number of aliphatic hydroxyl groups excluding tert-OH is 1. The van der Waals surface area contributed by atoms with Crippen LogP contribution in [-0.2, 0) is 6.54 Å². The Morgan fingerprint density at radius 1 is 1.28 bits per heavy atom. The Bertz CT molecular complexity index is 464. The van der Waals surface area contributed by atoms with Gasteiger partial charge in [-0.2, -0.15) is 0 Å². The lowest BCUT2D eigenvalue weighted by Crippen LogP contribution is -2.27. The minimum atomic E-state index is -0.350. The molecular formula is C14H19NOS2. The van der Waals surface area contributed by atoms with E-state index in [4.69, 9.17) is 0 Å². The van der Waals surface area contributed by atoms with E-state index in [0.29, 0.717) is 6.04 Å². The van der Waals surface area contributed by atoms with E-state index in [0.717, 1.165) is 17.8 Å². The summed E-state index contributed by atoms with van der Waals surface area (Å²) in [5, 5.41) is 17.7. The highest BCUT2D eigenvalue weighted by Crippen LogP contribution is 2.23. The third kappa shape index (κ3) is 3.65. The first-order valence-electron chi connectivity index (χ1n) is 6.14. The van der Waals surface area contributed by atoms with Gasteiger partial charge in [-0.25, -0.2) is 0 Å². The van der Waals surface area contributed by atoms with Gasteiger partial charge in [-0.3, -0.25) is 0 Å². The van der Waals surface area contributed by atoms with E-state index in [1.165, 1.54) is 10.4 Å². The predicted molar refractivity (Wildman–Crippen MR) is 79.3 cm³/mol. The van der Waals surface area contributed by atoms with Crippen LogP contribution in [0, 0.1) is 6.92 Å². The van der Waals surface area contributed by atoms with Gasteiger partial charge in [0.1, 0.15) is 0 Å². The van der Waals surface area contributed by atoms with Crippen molar-refractivity contribution in [3.63, 3.8) is 0 Å². The van der Waals surface area contributed by atoms with Gasteiger partial charge >= 0.3 is 0 Å². The maximum absolute atomic E-state index is 10.1. The molecule has 0 aliphatic heterocycles. The van der Waals surface area contributed by atoms with Crippen molar-refractivity contribution >= 4 is 22.7 Å². The fraction of sp³-hybridized carbons (Fsp3) is 0.429. The summed E-state index contributed by atoms with van der Waals surface area (Å²) in [6.45, 7) is 5.15. The SMILES string of the molecule is Cc1ccsc1CNC(C)CC(O)c1cccs1. The van der Waals surface area contributed by atoms with Crippen LogP contribution in [0.2, 0.25) is 0 Å². The van der Waals surface area contributed by atoms with Crippen molar-refractivity contribution in [1.82, 2.24) is 5.32 Å². The molecular weight excluding hydrogens is 262 g/mol. The monoisotopic (exact) mass is 281 g/mol. The van der Waals surface area contributed by atoms with Crippen LogP contribution in [0.15, 0.2) is 29.0 Å². The minimum absolute atomic E-state index is 0.309. The first-order chi connectivity index (χ1) is 8.66. The maximum Gasteiger partial charge on any atom is 0.0896 e. The van der Waals surface area contributed by atoms with Gasteiger partial charge in [-0.15, -0.1) is 22.7 Å². The van der Waals surface area contributed by atoms with Crippen molar-refractivity contribution in [2.75, 3.05) is 0 Å². The van der Waals surface area contributed by atoms with Crippen LogP contribution in [0.3, 0.4) is 0 Å². The van der Waals surface area contributed by atoms with E-state index in [9.17, 15) is 5.11 Å². The highest BCUT2D eigenvalue weighted by Gasteiger charge is 2.13. The summed E-state index contributed by atoms with van der Waals surface area (Å²) in [7, 11) is 0. The molecule has 18 heavy (non-hydrogen) atoms. The van der Waals surface area contributed by atoms with E-state index in [1.807, 2.05) is 17.5 Å². The first-order valence-corrected chi connectivity index (χ1v) is 7.90. The molecule has 2 heterocycles. The molecule has 2 rings (SSSR count). The Balaban J connectivity index is 1.79. The lowest BCUT2D eigenvalue weighted by molar-refractivity contribution is 0.157. The number of thiophene rings is 2. The van der Waals surface area contributed by atoms with Crippen LogP contribution < -0.4 is 5.32 Å². The van der Waals surface area contributed by atoms with E-state index in [2.05, 4.69) is 30.6 Å². The second kappa shape index (κ2) is 6.48. The van der Waals surface area contributed by atoms with Crippen LogP contribution in [0.5, 0.6) is 0 Å². The highest BCUT2D eigenvalue weighted by molar-refractivity contribution is 7.10. The number of hydrogen-bond acceptors (Lipinski definition) is 4. The molecule has 0 aliphatic rings. The Morgan fingerprint density at radius 2 is 2.11 bits per heavy atom. The molecule has 2 nitrogen and oxygen atoms in total. The van der Waals surface area contributed by atoms with Gasteiger partial charge in [0.15, 0.2) is 0 Å². The molecule has 98 valence electrons. The average molecular weight is 281 g/mol. The molecule has 4 heteroatoms. The fourth-order valence-corrected chi connectivity index (χ4v) is 3.45. The molecule has 2 aromatic rings. The molecule has 0 saturated heterocycles. The average Bonchev–Trinajstić information content (AvgIpc) is 2.97. The number of aliphatic hydroxyl groups is 1. The minimum Gasteiger partial charge on any atom is -0.388 e. The molecule has 0 aromatic carbocycles. The Morgan fingerprint density at radius 3 is 2.72 bits per heavy atom. The summed E-state index contributed by atoms with van der Waals surface area (Å²) >= 11 is 3.40. The number of hydrogen-bond donors (Lipinski definition) is 2. The maximum atomic E-state index is 10.1. The van der Waals surface area contributed by atoms with Gasteiger partial charge < -0.3 is 10.4 Å².